The summed E-state index contributed by atoms with van der Waals surface area (Å²) in [7, 11) is 6.15. The van der Waals surface area contributed by atoms with Crippen molar-refractivity contribution in [1.29, 1.82) is 0 Å². The Morgan fingerprint density at radius 3 is 2.59 bits per heavy atom. The molecule has 3 aromatic heterocycles. The molecule has 5 rings (SSSR count). The van der Waals surface area contributed by atoms with E-state index in [1.165, 1.54) is 0 Å². The summed E-state index contributed by atoms with van der Waals surface area (Å²) in [5.74, 6) is 0.906. The molecule has 0 saturated carbocycles. The third kappa shape index (κ3) is 4.70. The molecular formula is C27H30N6O. The molecule has 7 heteroatoms. The molecule has 0 unspecified atom stereocenters. The van der Waals surface area contributed by atoms with E-state index in [0.29, 0.717) is 11.6 Å². The van der Waals surface area contributed by atoms with Crippen LogP contribution in [0.5, 0.6) is 0 Å². The smallest absolute Gasteiger partial charge is 0.169 e. The molecule has 0 N–H and O–H groups in total. The van der Waals surface area contributed by atoms with E-state index in [-0.39, 0.29) is 12.2 Å². The summed E-state index contributed by atoms with van der Waals surface area (Å²) in [4.78, 5) is 26.8. The number of aryl methyl sites for hydroxylation is 1. The number of fused-ring (bicyclic) bond motifs is 1. The quantitative estimate of drug-likeness (QED) is 0.411. The second kappa shape index (κ2) is 9.35. The van der Waals surface area contributed by atoms with Gasteiger partial charge in [0.1, 0.15) is 5.82 Å². The summed E-state index contributed by atoms with van der Waals surface area (Å²) in [5.41, 5.74) is 3.61. The maximum Gasteiger partial charge on any atom is 0.169 e. The molecule has 4 heterocycles. The van der Waals surface area contributed by atoms with Gasteiger partial charge in [-0.15, -0.1) is 0 Å². The highest BCUT2D eigenvalue weighted by atomic mass is 16.1. The van der Waals surface area contributed by atoms with Gasteiger partial charge in [0.25, 0.3) is 0 Å². The number of pyridine rings is 2. The van der Waals surface area contributed by atoms with Gasteiger partial charge < -0.3 is 9.80 Å². The molecule has 4 aromatic rings. The summed E-state index contributed by atoms with van der Waals surface area (Å²) in [6.45, 7) is 2.17. The van der Waals surface area contributed by atoms with Crippen molar-refractivity contribution in [3.05, 3.63) is 72.4 Å². The van der Waals surface area contributed by atoms with Crippen LogP contribution in [-0.2, 0) is 13.5 Å². The van der Waals surface area contributed by atoms with Gasteiger partial charge in [-0.25, -0.2) is 4.98 Å². The fourth-order valence-electron chi connectivity index (χ4n) is 4.65. The lowest BCUT2D eigenvalue weighted by molar-refractivity contribution is 0.0992. The van der Waals surface area contributed by atoms with Gasteiger partial charge in [0, 0.05) is 60.9 Å². The number of carbonyl (C=O) groups excluding carboxylic acids is 1. The molecule has 1 aliphatic rings. The molecule has 7 nitrogen and oxygen atoms in total. The fraction of sp³-hybridized carbons (Fsp3) is 0.333. The number of nitrogens with zero attached hydrogens (tertiary/aromatic N) is 6. The standard InChI is InChI=1S/C27H30N6O/c1-31-10-7-25(8-11-31)33(3)27-14-20(6-9-28-27)26(34)15-24-13-22-12-19(4-5-21(22)16-29-24)23-17-30-32(2)18-23/h4-6,9,12-14,16-18,25H,7-8,10-11,15H2,1-3H3. The molecule has 1 fully saturated rings. The predicted molar refractivity (Wildman–Crippen MR) is 135 cm³/mol. The van der Waals surface area contributed by atoms with E-state index in [1.807, 2.05) is 37.8 Å². The lowest BCUT2D eigenvalue weighted by Gasteiger charge is -2.35. The SMILES string of the molecule is CN1CCC(N(C)c2cc(C(=O)Cc3cc4cc(-c5cnn(C)c5)ccc4cn3)ccn2)CC1. The minimum atomic E-state index is 0.0516. The molecule has 0 spiro atoms. The van der Waals surface area contributed by atoms with Crippen molar-refractivity contribution in [3.63, 3.8) is 0 Å². The maximum atomic E-state index is 13.1. The van der Waals surface area contributed by atoms with Gasteiger partial charge in [-0.3, -0.25) is 14.5 Å². The van der Waals surface area contributed by atoms with Crippen LogP contribution in [0.4, 0.5) is 5.82 Å². The van der Waals surface area contributed by atoms with Crippen LogP contribution in [0.15, 0.2) is 61.2 Å². The number of ketones is 1. The van der Waals surface area contributed by atoms with Crippen molar-refractivity contribution in [2.75, 3.05) is 32.1 Å². The Hall–Kier alpha value is -3.58. The Morgan fingerprint density at radius 2 is 1.82 bits per heavy atom. The zero-order valence-corrected chi connectivity index (χ0v) is 20.0. The number of aromatic nitrogens is 4. The van der Waals surface area contributed by atoms with Crippen LogP contribution in [0.1, 0.15) is 28.9 Å². The Bertz CT molecular complexity index is 1320. The molecule has 0 radical (unpaired) electrons. The Labute approximate surface area is 200 Å². The van der Waals surface area contributed by atoms with Crippen LogP contribution >= 0.6 is 0 Å². The highest BCUT2D eigenvalue weighted by molar-refractivity contribution is 5.98. The molecule has 1 aliphatic heterocycles. The normalized spacial score (nSPS) is 15.0. The molecule has 0 bridgehead atoms. The first kappa shape index (κ1) is 22.2. The summed E-state index contributed by atoms with van der Waals surface area (Å²) in [6, 6.07) is 12.4. The van der Waals surface area contributed by atoms with Crippen LogP contribution in [-0.4, -0.2) is 63.7 Å². The largest absolute Gasteiger partial charge is 0.357 e. The Morgan fingerprint density at radius 1 is 1.00 bits per heavy atom. The summed E-state index contributed by atoms with van der Waals surface area (Å²) < 4.78 is 1.79. The molecule has 0 aliphatic carbocycles. The maximum absolute atomic E-state index is 13.1. The monoisotopic (exact) mass is 454 g/mol. The average molecular weight is 455 g/mol. The number of Topliss-reactive ketones (excluding diaryl/α,β-unsaturated/α-hetero) is 1. The van der Waals surface area contributed by atoms with E-state index in [1.54, 1.807) is 16.9 Å². The van der Waals surface area contributed by atoms with Gasteiger partial charge in [0.05, 0.1) is 12.6 Å². The molecule has 1 saturated heterocycles. The number of hydrogen-bond acceptors (Lipinski definition) is 6. The third-order valence-electron chi connectivity index (χ3n) is 6.82. The first-order valence-electron chi connectivity index (χ1n) is 11.7. The van der Waals surface area contributed by atoms with E-state index in [2.05, 4.69) is 57.2 Å². The van der Waals surface area contributed by atoms with Gasteiger partial charge in [-0.2, -0.15) is 5.10 Å². The van der Waals surface area contributed by atoms with E-state index in [4.69, 9.17) is 0 Å². The summed E-state index contributed by atoms with van der Waals surface area (Å²) >= 11 is 0. The molecule has 174 valence electrons. The van der Waals surface area contributed by atoms with Crippen molar-refractivity contribution >= 4 is 22.4 Å². The van der Waals surface area contributed by atoms with E-state index in [9.17, 15) is 4.79 Å². The number of benzene rings is 1. The van der Waals surface area contributed by atoms with Gasteiger partial charge in [-0.05, 0) is 68.2 Å². The van der Waals surface area contributed by atoms with Crippen molar-refractivity contribution in [2.45, 2.75) is 25.3 Å². The first-order chi connectivity index (χ1) is 16.5. The van der Waals surface area contributed by atoms with Crippen molar-refractivity contribution in [1.82, 2.24) is 24.6 Å². The number of carbonyl (C=O) groups is 1. The van der Waals surface area contributed by atoms with Gasteiger partial charge >= 0.3 is 0 Å². The average Bonchev–Trinajstić information content (AvgIpc) is 3.30. The van der Waals surface area contributed by atoms with Crippen LogP contribution in [0, 0.1) is 0 Å². The summed E-state index contributed by atoms with van der Waals surface area (Å²) in [6.07, 6.45) is 9.91. The summed E-state index contributed by atoms with van der Waals surface area (Å²) in [5, 5.41) is 6.38. The molecular weight excluding hydrogens is 424 g/mol. The zero-order valence-electron chi connectivity index (χ0n) is 20.0. The van der Waals surface area contributed by atoms with Crippen molar-refractivity contribution < 1.29 is 4.79 Å². The third-order valence-corrected chi connectivity index (χ3v) is 6.82. The van der Waals surface area contributed by atoms with Crippen molar-refractivity contribution in [3.8, 4) is 11.1 Å². The highest BCUT2D eigenvalue weighted by Gasteiger charge is 2.22. The fourth-order valence-corrected chi connectivity index (χ4v) is 4.65. The minimum Gasteiger partial charge on any atom is -0.357 e. The number of rotatable bonds is 6. The van der Waals surface area contributed by atoms with Crippen molar-refractivity contribution in [2.24, 2.45) is 7.05 Å². The first-order valence-corrected chi connectivity index (χ1v) is 11.7. The van der Waals surface area contributed by atoms with Gasteiger partial charge in [0.15, 0.2) is 5.78 Å². The topological polar surface area (TPSA) is 67.2 Å². The molecule has 1 aromatic carbocycles. The second-order valence-electron chi connectivity index (χ2n) is 9.29. The van der Waals surface area contributed by atoms with E-state index in [0.717, 1.165) is 59.3 Å². The number of likely N-dealkylation sites (tertiary alicyclic amines) is 1. The van der Waals surface area contributed by atoms with Gasteiger partial charge in [0.2, 0.25) is 0 Å². The van der Waals surface area contributed by atoms with E-state index < -0.39 is 0 Å². The second-order valence-corrected chi connectivity index (χ2v) is 9.29. The Kier molecular flexibility index (Phi) is 6.11. The van der Waals surface area contributed by atoms with Crippen LogP contribution < -0.4 is 4.90 Å². The zero-order chi connectivity index (χ0) is 23.7. The number of piperidine rings is 1. The molecule has 34 heavy (non-hydrogen) atoms. The van der Waals surface area contributed by atoms with Crippen LogP contribution in [0.2, 0.25) is 0 Å². The molecule has 0 amide bonds. The lowest BCUT2D eigenvalue weighted by Crippen LogP contribution is -2.42. The predicted octanol–water partition coefficient (Wildman–Crippen LogP) is 3.99. The van der Waals surface area contributed by atoms with Crippen LogP contribution in [0.25, 0.3) is 21.9 Å². The Balaban J connectivity index is 1.33. The van der Waals surface area contributed by atoms with Crippen LogP contribution in [0.3, 0.4) is 0 Å². The lowest BCUT2D eigenvalue weighted by atomic mass is 10.0. The number of hydrogen-bond donors (Lipinski definition) is 0. The molecule has 0 atom stereocenters. The van der Waals surface area contributed by atoms with Gasteiger partial charge in [-0.1, -0.05) is 12.1 Å². The number of anilines is 1. The minimum absolute atomic E-state index is 0.0516. The van der Waals surface area contributed by atoms with E-state index >= 15 is 0 Å². The highest BCUT2D eigenvalue weighted by Crippen LogP contribution is 2.25.